The van der Waals surface area contributed by atoms with Crippen molar-refractivity contribution in [1.29, 1.82) is 0 Å². The summed E-state index contributed by atoms with van der Waals surface area (Å²) >= 11 is 0. The van der Waals surface area contributed by atoms with Crippen LogP contribution in [0, 0.1) is 0 Å². The second-order valence-electron chi connectivity index (χ2n) is 5.35. The Kier molecular flexibility index (Phi) is 5.64. The molecule has 2 fully saturated rings. The summed E-state index contributed by atoms with van der Waals surface area (Å²) in [4.78, 5) is 28.2. The van der Waals surface area contributed by atoms with Crippen molar-refractivity contribution in [2.45, 2.75) is 38.6 Å². The SMILES string of the molecule is CCOC(=O)C1CNCCN1C(=O)N1CCCCCC1. The molecule has 2 amide bonds. The van der Waals surface area contributed by atoms with Gasteiger partial charge in [0.05, 0.1) is 6.61 Å². The number of rotatable bonds is 2. The van der Waals surface area contributed by atoms with Gasteiger partial charge in [0, 0.05) is 32.7 Å². The summed E-state index contributed by atoms with van der Waals surface area (Å²) in [5, 5.41) is 3.16. The molecule has 6 heteroatoms. The van der Waals surface area contributed by atoms with E-state index in [2.05, 4.69) is 5.32 Å². The first kappa shape index (κ1) is 15.1. The number of nitrogens with zero attached hydrogens (tertiary/aromatic N) is 2. The van der Waals surface area contributed by atoms with Crippen molar-refractivity contribution < 1.29 is 14.3 Å². The Morgan fingerprint density at radius 1 is 1.15 bits per heavy atom. The van der Waals surface area contributed by atoms with E-state index in [-0.39, 0.29) is 12.0 Å². The van der Waals surface area contributed by atoms with E-state index in [0.717, 1.165) is 32.5 Å². The molecule has 1 atom stereocenters. The Balaban J connectivity index is 2.02. The number of hydrogen-bond acceptors (Lipinski definition) is 4. The molecule has 0 aliphatic carbocycles. The number of hydrogen-bond donors (Lipinski definition) is 1. The molecule has 2 aliphatic heterocycles. The van der Waals surface area contributed by atoms with Crippen LogP contribution in [-0.2, 0) is 9.53 Å². The van der Waals surface area contributed by atoms with Gasteiger partial charge in [-0.2, -0.15) is 0 Å². The van der Waals surface area contributed by atoms with E-state index in [1.165, 1.54) is 12.8 Å². The van der Waals surface area contributed by atoms with Crippen LogP contribution in [0.4, 0.5) is 4.79 Å². The summed E-state index contributed by atoms with van der Waals surface area (Å²) in [6.07, 6.45) is 4.49. The molecule has 2 rings (SSSR count). The highest BCUT2D eigenvalue weighted by Gasteiger charge is 2.35. The van der Waals surface area contributed by atoms with Gasteiger partial charge in [-0.25, -0.2) is 9.59 Å². The number of nitrogens with one attached hydrogen (secondary N) is 1. The molecule has 0 aromatic rings. The van der Waals surface area contributed by atoms with Crippen LogP contribution in [0.5, 0.6) is 0 Å². The molecular formula is C14H25N3O3. The number of carbonyl (C=O) groups is 2. The number of piperazine rings is 1. The van der Waals surface area contributed by atoms with Crippen LogP contribution in [0.15, 0.2) is 0 Å². The highest BCUT2D eigenvalue weighted by Crippen LogP contribution is 2.15. The highest BCUT2D eigenvalue weighted by molar-refractivity contribution is 5.84. The van der Waals surface area contributed by atoms with Crippen LogP contribution in [0.25, 0.3) is 0 Å². The monoisotopic (exact) mass is 283 g/mol. The zero-order valence-electron chi connectivity index (χ0n) is 12.3. The molecule has 1 N–H and O–H groups in total. The maximum Gasteiger partial charge on any atom is 0.330 e. The number of amides is 2. The highest BCUT2D eigenvalue weighted by atomic mass is 16.5. The van der Waals surface area contributed by atoms with Gasteiger partial charge in [0.15, 0.2) is 0 Å². The normalized spacial score (nSPS) is 24.1. The Labute approximate surface area is 120 Å². The number of urea groups is 1. The van der Waals surface area contributed by atoms with Crippen molar-refractivity contribution >= 4 is 12.0 Å². The van der Waals surface area contributed by atoms with E-state index in [0.29, 0.717) is 19.7 Å². The lowest BCUT2D eigenvalue weighted by Crippen LogP contribution is -2.60. The lowest BCUT2D eigenvalue weighted by atomic mass is 10.2. The lowest BCUT2D eigenvalue weighted by molar-refractivity contribution is -0.149. The average Bonchev–Trinajstić information content (AvgIpc) is 2.76. The van der Waals surface area contributed by atoms with Gasteiger partial charge in [-0.1, -0.05) is 12.8 Å². The maximum absolute atomic E-state index is 12.6. The minimum Gasteiger partial charge on any atom is -0.464 e. The molecule has 2 heterocycles. The molecule has 0 saturated carbocycles. The van der Waals surface area contributed by atoms with E-state index < -0.39 is 6.04 Å². The zero-order valence-corrected chi connectivity index (χ0v) is 12.3. The molecule has 2 aliphatic rings. The lowest BCUT2D eigenvalue weighted by Gasteiger charge is -2.37. The minimum atomic E-state index is -0.487. The first-order valence-corrected chi connectivity index (χ1v) is 7.67. The fraction of sp³-hybridized carbons (Fsp3) is 0.857. The standard InChI is InChI=1S/C14H25N3O3/c1-2-20-13(18)12-11-15-7-10-17(12)14(19)16-8-5-3-4-6-9-16/h12,15H,2-11H2,1H3. The Morgan fingerprint density at radius 3 is 2.50 bits per heavy atom. The van der Waals surface area contributed by atoms with E-state index >= 15 is 0 Å². The summed E-state index contributed by atoms with van der Waals surface area (Å²) in [6.45, 7) is 5.53. The van der Waals surface area contributed by atoms with E-state index in [9.17, 15) is 9.59 Å². The molecular weight excluding hydrogens is 258 g/mol. The van der Waals surface area contributed by atoms with Crippen molar-refractivity contribution in [3.63, 3.8) is 0 Å². The minimum absolute atomic E-state index is 0.00791. The van der Waals surface area contributed by atoms with Crippen molar-refractivity contribution in [3.05, 3.63) is 0 Å². The van der Waals surface area contributed by atoms with Gasteiger partial charge >= 0.3 is 12.0 Å². The Bertz CT molecular complexity index is 341. The second kappa shape index (κ2) is 7.47. The first-order chi connectivity index (χ1) is 9.74. The number of likely N-dealkylation sites (tertiary alicyclic amines) is 1. The molecule has 0 spiro atoms. The quantitative estimate of drug-likeness (QED) is 0.762. The molecule has 2 saturated heterocycles. The van der Waals surface area contributed by atoms with Crippen LogP contribution in [-0.4, -0.2) is 67.2 Å². The summed E-state index contributed by atoms with van der Waals surface area (Å²) in [5.41, 5.74) is 0. The van der Waals surface area contributed by atoms with Gasteiger partial charge in [0.1, 0.15) is 6.04 Å². The van der Waals surface area contributed by atoms with Crippen molar-refractivity contribution in [3.8, 4) is 0 Å². The third kappa shape index (κ3) is 3.62. The topological polar surface area (TPSA) is 61.9 Å². The van der Waals surface area contributed by atoms with Crippen LogP contribution in [0.3, 0.4) is 0 Å². The summed E-state index contributed by atoms with van der Waals surface area (Å²) < 4.78 is 5.08. The van der Waals surface area contributed by atoms with Gasteiger partial charge in [-0.3, -0.25) is 0 Å². The van der Waals surface area contributed by atoms with Gasteiger partial charge < -0.3 is 19.9 Å². The summed E-state index contributed by atoms with van der Waals surface area (Å²) in [7, 11) is 0. The zero-order chi connectivity index (χ0) is 14.4. The van der Waals surface area contributed by atoms with Crippen LogP contribution in [0.2, 0.25) is 0 Å². The van der Waals surface area contributed by atoms with Crippen molar-refractivity contribution in [2.75, 3.05) is 39.3 Å². The average molecular weight is 283 g/mol. The predicted molar refractivity (Wildman–Crippen MR) is 75.4 cm³/mol. The third-order valence-electron chi connectivity index (χ3n) is 3.92. The van der Waals surface area contributed by atoms with Crippen molar-refractivity contribution in [2.24, 2.45) is 0 Å². The second-order valence-corrected chi connectivity index (χ2v) is 5.35. The first-order valence-electron chi connectivity index (χ1n) is 7.67. The van der Waals surface area contributed by atoms with Gasteiger partial charge in [-0.05, 0) is 19.8 Å². The van der Waals surface area contributed by atoms with Gasteiger partial charge in [-0.15, -0.1) is 0 Å². The van der Waals surface area contributed by atoms with E-state index in [1.54, 1.807) is 11.8 Å². The smallest absolute Gasteiger partial charge is 0.330 e. The third-order valence-corrected chi connectivity index (χ3v) is 3.92. The fourth-order valence-electron chi connectivity index (χ4n) is 2.83. The number of esters is 1. The number of ether oxygens (including phenoxy) is 1. The molecule has 0 aromatic heterocycles. The Morgan fingerprint density at radius 2 is 1.85 bits per heavy atom. The molecule has 20 heavy (non-hydrogen) atoms. The summed E-state index contributed by atoms with van der Waals surface area (Å²) in [5.74, 6) is -0.303. The van der Waals surface area contributed by atoms with Gasteiger partial charge in [0.25, 0.3) is 0 Å². The van der Waals surface area contributed by atoms with Gasteiger partial charge in [0.2, 0.25) is 0 Å². The van der Waals surface area contributed by atoms with Crippen LogP contribution in [0.1, 0.15) is 32.6 Å². The number of carbonyl (C=O) groups excluding carboxylic acids is 2. The molecule has 0 bridgehead atoms. The molecule has 114 valence electrons. The van der Waals surface area contributed by atoms with Crippen LogP contribution >= 0.6 is 0 Å². The molecule has 0 radical (unpaired) electrons. The summed E-state index contributed by atoms with van der Waals surface area (Å²) in [6, 6.07) is -0.495. The van der Waals surface area contributed by atoms with E-state index in [1.807, 2.05) is 4.90 Å². The Hall–Kier alpha value is -1.30. The molecule has 0 aromatic carbocycles. The maximum atomic E-state index is 12.6. The fourth-order valence-corrected chi connectivity index (χ4v) is 2.83. The molecule has 6 nitrogen and oxygen atoms in total. The largest absolute Gasteiger partial charge is 0.464 e. The van der Waals surface area contributed by atoms with Crippen molar-refractivity contribution in [1.82, 2.24) is 15.1 Å². The molecule has 1 unspecified atom stereocenters. The predicted octanol–water partition coefficient (Wildman–Crippen LogP) is 0.819. The van der Waals surface area contributed by atoms with Crippen LogP contribution < -0.4 is 5.32 Å². The van der Waals surface area contributed by atoms with E-state index in [4.69, 9.17) is 4.74 Å².